The Morgan fingerprint density at radius 2 is 1.70 bits per heavy atom. The van der Waals surface area contributed by atoms with E-state index in [1.165, 1.54) is 12.0 Å². The van der Waals surface area contributed by atoms with Gasteiger partial charge in [-0.15, -0.1) is 0 Å². The predicted octanol–water partition coefficient (Wildman–Crippen LogP) is 3.29. The van der Waals surface area contributed by atoms with Gasteiger partial charge in [-0.2, -0.15) is 0 Å². The van der Waals surface area contributed by atoms with Crippen molar-refractivity contribution in [3.05, 3.63) is 39.9 Å². The van der Waals surface area contributed by atoms with Crippen molar-refractivity contribution in [3.8, 4) is 0 Å². The topological polar surface area (TPSA) is 72.7 Å². The van der Waals surface area contributed by atoms with Gasteiger partial charge in [0.05, 0.1) is 23.6 Å². The van der Waals surface area contributed by atoms with E-state index >= 15 is 0 Å². The van der Waals surface area contributed by atoms with E-state index < -0.39 is 0 Å². The molecule has 0 spiro atoms. The van der Waals surface area contributed by atoms with Crippen LogP contribution in [0.5, 0.6) is 0 Å². The first-order valence-electron chi connectivity index (χ1n) is 10.1. The Bertz CT molecular complexity index is 755. The molecule has 6 heteroatoms. The lowest BCUT2D eigenvalue weighted by molar-refractivity contribution is -0.384. The minimum atomic E-state index is -0.340. The second kappa shape index (κ2) is 6.03. The van der Waals surface area contributed by atoms with E-state index in [1.807, 2.05) is 17.0 Å². The number of morpholine rings is 1. The minimum Gasteiger partial charge on any atom is -0.378 e. The van der Waals surface area contributed by atoms with Crippen molar-refractivity contribution < 1.29 is 14.5 Å². The molecule has 0 radical (unpaired) electrons. The summed E-state index contributed by atoms with van der Waals surface area (Å²) in [4.78, 5) is 26.3. The van der Waals surface area contributed by atoms with E-state index in [9.17, 15) is 14.9 Å². The quantitative estimate of drug-likeness (QED) is 0.604. The molecule has 1 amide bonds. The van der Waals surface area contributed by atoms with Gasteiger partial charge in [0.2, 0.25) is 5.91 Å². The summed E-state index contributed by atoms with van der Waals surface area (Å²) in [5.74, 6) is 1.55. The van der Waals surface area contributed by atoms with Gasteiger partial charge in [0, 0.05) is 25.2 Å². The van der Waals surface area contributed by atoms with Gasteiger partial charge in [-0.1, -0.05) is 12.1 Å². The summed E-state index contributed by atoms with van der Waals surface area (Å²) in [7, 11) is 0. The van der Waals surface area contributed by atoms with Gasteiger partial charge in [0.1, 0.15) is 0 Å². The Morgan fingerprint density at radius 3 is 2.30 bits per heavy atom. The van der Waals surface area contributed by atoms with Crippen molar-refractivity contribution >= 4 is 11.6 Å². The molecule has 4 aliphatic carbocycles. The highest BCUT2D eigenvalue weighted by Crippen LogP contribution is 2.66. The van der Waals surface area contributed by atoms with Crippen LogP contribution >= 0.6 is 0 Å². The molecule has 5 aliphatic rings. The molecule has 0 N–H and O–H groups in total. The highest BCUT2D eigenvalue weighted by Gasteiger charge is 2.61. The second-order valence-corrected chi connectivity index (χ2v) is 9.23. The van der Waals surface area contributed by atoms with Crippen molar-refractivity contribution in [1.82, 2.24) is 4.90 Å². The maximum atomic E-state index is 13.5. The second-order valence-electron chi connectivity index (χ2n) is 9.23. The van der Waals surface area contributed by atoms with Gasteiger partial charge in [-0.05, 0) is 61.3 Å². The summed E-state index contributed by atoms with van der Waals surface area (Å²) in [5, 5.41) is 11.0. The highest BCUT2D eigenvalue weighted by atomic mass is 16.6. The zero-order chi connectivity index (χ0) is 18.6. The monoisotopic (exact) mass is 370 g/mol. The van der Waals surface area contributed by atoms with E-state index in [0.29, 0.717) is 44.0 Å². The number of non-ortho nitro benzene ring substituents is 1. The highest BCUT2D eigenvalue weighted by molar-refractivity contribution is 5.83. The van der Waals surface area contributed by atoms with Crippen molar-refractivity contribution in [2.24, 2.45) is 17.3 Å². The van der Waals surface area contributed by atoms with Crippen LogP contribution in [0.3, 0.4) is 0 Å². The third-order valence-electron chi connectivity index (χ3n) is 7.50. The maximum Gasteiger partial charge on any atom is 0.269 e. The molecule has 1 aromatic rings. The van der Waals surface area contributed by atoms with Gasteiger partial charge in [-0.3, -0.25) is 14.9 Å². The van der Waals surface area contributed by atoms with E-state index in [0.717, 1.165) is 32.1 Å². The Balaban J connectivity index is 1.48. The minimum absolute atomic E-state index is 0.0150. The van der Waals surface area contributed by atoms with E-state index in [1.54, 1.807) is 12.1 Å². The first-order valence-corrected chi connectivity index (χ1v) is 10.1. The standard InChI is InChI=1S/C21H26N2O4/c24-19(22-5-7-27-8-6-22)21-12-15-9-16(13-21)11-20(10-15,14-21)17-1-3-18(4-2-17)23(25)26/h1-4,15-16H,5-14H2. The summed E-state index contributed by atoms with van der Waals surface area (Å²) in [6.07, 6.45) is 6.44. The molecule has 1 saturated heterocycles. The maximum absolute atomic E-state index is 13.5. The molecular weight excluding hydrogens is 344 g/mol. The Morgan fingerprint density at radius 1 is 1.07 bits per heavy atom. The van der Waals surface area contributed by atoms with E-state index in [-0.39, 0.29) is 21.4 Å². The lowest BCUT2D eigenvalue weighted by Gasteiger charge is -2.62. The number of carbonyl (C=O) groups excluding carboxylic acids is 1. The van der Waals surface area contributed by atoms with Crippen LogP contribution < -0.4 is 0 Å². The van der Waals surface area contributed by atoms with Crippen LogP contribution in [0.15, 0.2) is 24.3 Å². The first kappa shape index (κ1) is 17.2. The largest absolute Gasteiger partial charge is 0.378 e. The number of hydrogen-bond donors (Lipinski definition) is 0. The fraction of sp³-hybridized carbons (Fsp3) is 0.667. The lowest BCUT2D eigenvalue weighted by atomic mass is 9.42. The Hall–Kier alpha value is -1.95. The molecule has 1 heterocycles. The number of amides is 1. The molecule has 4 bridgehead atoms. The van der Waals surface area contributed by atoms with Crippen molar-refractivity contribution in [3.63, 3.8) is 0 Å². The number of hydrogen-bond acceptors (Lipinski definition) is 4. The van der Waals surface area contributed by atoms with Crippen molar-refractivity contribution in [1.29, 1.82) is 0 Å². The summed E-state index contributed by atoms with van der Waals surface area (Å²) in [6, 6.07) is 7.14. The molecule has 2 unspecified atom stereocenters. The van der Waals surface area contributed by atoms with Crippen LogP contribution in [0.25, 0.3) is 0 Å². The van der Waals surface area contributed by atoms with Crippen molar-refractivity contribution in [2.75, 3.05) is 26.3 Å². The Kier molecular flexibility index (Phi) is 3.83. The summed E-state index contributed by atoms with van der Waals surface area (Å²) in [5.41, 5.74) is 1.12. The number of ether oxygens (including phenoxy) is 1. The number of benzene rings is 1. The fourth-order valence-electron chi connectivity index (χ4n) is 6.89. The van der Waals surface area contributed by atoms with E-state index in [2.05, 4.69) is 0 Å². The first-order chi connectivity index (χ1) is 13.0. The normalized spacial score (nSPS) is 37.4. The summed E-state index contributed by atoms with van der Waals surface area (Å²) >= 11 is 0. The third-order valence-corrected chi connectivity index (χ3v) is 7.50. The summed E-state index contributed by atoms with van der Waals surface area (Å²) < 4.78 is 5.44. The van der Waals surface area contributed by atoms with Gasteiger partial charge in [-0.25, -0.2) is 0 Å². The number of nitro groups is 1. The van der Waals surface area contributed by atoms with E-state index in [4.69, 9.17) is 4.74 Å². The Labute approximate surface area is 159 Å². The number of rotatable bonds is 3. The molecule has 1 aromatic carbocycles. The fourth-order valence-corrected chi connectivity index (χ4v) is 6.89. The van der Waals surface area contributed by atoms with Crippen LogP contribution in [-0.2, 0) is 14.9 Å². The van der Waals surface area contributed by atoms with Gasteiger partial charge in [0.15, 0.2) is 0 Å². The van der Waals surface area contributed by atoms with Crippen LogP contribution in [0, 0.1) is 27.4 Å². The third kappa shape index (κ3) is 2.68. The average Bonchev–Trinajstić information content (AvgIpc) is 2.67. The molecule has 144 valence electrons. The molecule has 0 aromatic heterocycles. The molecule has 6 nitrogen and oxygen atoms in total. The van der Waals surface area contributed by atoms with Crippen LogP contribution in [0.2, 0.25) is 0 Å². The number of nitrogens with zero attached hydrogens (tertiary/aromatic N) is 2. The smallest absolute Gasteiger partial charge is 0.269 e. The molecule has 4 saturated carbocycles. The number of carbonyl (C=O) groups is 1. The zero-order valence-electron chi connectivity index (χ0n) is 15.6. The van der Waals surface area contributed by atoms with Crippen LogP contribution in [0.1, 0.15) is 44.1 Å². The average molecular weight is 370 g/mol. The molecule has 1 aliphatic heterocycles. The molecule has 5 fully saturated rings. The van der Waals surface area contributed by atoms with Gasteiger partial charge >= 0.3 is 0 Å². The zero-order valence-corrected chi connectivity index (χ0v) is 15.6. The molecule has 2 atom stereocenters. The lowest BCUT2D eigenvalue weighted by Crippen LogP contribution is -2.60. The summed E-state index contributed by atoms with van der Waals surface area (Å²) in [6.45, 7) is 2.70. The van der Waals surface area contributed by atoms with Gasteiger partial charge in [0.25, 0.3) is 5.69 Å². The molecule has 6 rings (SSSR count). The molecule has 27 heavy (non-hydrogen) atoms. The number of nitro benzene ring substituents is 1. The van der Waals surface area contributed by atoms with Crippen molar-refractivity contribution in [2.45, 2.75) is 43.9 Å². The predicted molar refractivity (Wildman–Crippen MR) is 99.3 cm³/mol. The SMILES string of the molecule is O=C(N1CCOCC1)C12CC3CC(C1)CC(c1ccc([N+](=O)[O-])cc1)(C3)C2. The van der Waals surface area contributed by atoms with Gasteiger partial charge < -0.3 is 9.64 Å². The van der Waals surface area contributed by atoms with Crippen LogP contribution in [0.4, 0.5) is 5.69 Å². The van der Waals surface area contributed by atoms with Crippen LogP contribution in [-0.4, -0.2) is 42.0 Å². The molecular formula is C21H26N2O4.